The van der Waals surface area contributed by atoms with Crippen LogP contribution in [0.25, 0.3) is 11.1 Å². The molecule has 1 aromatic heterocycles. The number of fused-ring (bicyclic) bond motifs is 3. The van der Waals surface area contributed by atoms with Crippen LogP contribution in [0.4, 0.5) is 9.93 Å². The van der Waals surface area contributed by atoms with E-state index in [9.17, 15) is 19.5 Å². The van der Waals surface area contributed by atoms with E-state index in [-0.39, 0.29) is 37.3 Å². The first-order valence-corrected chi connectivity index (χ1v) is 12.4. The van der Waals surface area contributed by atoms with E-state index in [0.717, 1.165) is 22.3 Å². The van der Waals surface area contributed by atoms with Gasteiger partial charge < -0.3 is 14.7 Å². The van der Waals surface area contributed by atoms with E-state index in [1.165, 1.54) is 11.3 Å². The maximum absolute atomic E-state index is 12.6. The normalized spacial score (nSPS) is 18.7. The summed E-state index contributed by atoms with van der Waals surface area (Å²) in [7, 11) is 0. The third-order valence-electron chi connectivity index (χ3n) is 6.72. The molecule has 0 bridgehead atoms. The Bertz CT molecular complexity index is 1240. The summed E-state index contributed by atoms with van der Waals surface area (Å²) in [4.78, 5) is 42.3. The number of amides is 2. The summed E-state index contributed by atoms with van der Waals surface area (Å²) >= 11 is 1.22. The Kier molecular flexibility index (Phi) is 6.25. The number of hydrogen-bond donors (Lipinski definition) is 2. The summed E-state index contributed by atoms with van der Waals surface area (Å²) in [5.41, 5.74) is 5.12. The fourth-order valence-corrected chi connectivity index (χ4v) is 5.62. The van der Waals surface area contributed by atoms with Crippen LogP contribution >= 0.6 is 11.3 Å². The van der Waals surface area contributed by atoms with Gasteiger partial charge in [0, 0.05) is 24.4 Å². The van der Waals surface area contributed by atoms with Gasteiger partial charge in [-0.1, -0.05) is 55.5 Å². The van der Waals surface area contributed by atoms with Crippen LogP contribution < -0.4 is 5.32 Å². The molecule has 1 saturated heterocycles. The molecular weight excluding hydrogens is 466 g/mol. The predicted molar refractivity (Wildman–Crippen MR) is 131 cm³/mol. The highest BCUT2D eigenvalue weighted by molar-refractivity contribution is 7.13. The molecule has 2 aromatic carbocycles. The molecule has 2 heterocycles. The van der Waals surface area contributed by atoms with Gasteiger partial charge in [0.25, 0.3) is 0 Å². The maximum Gasteiger partial charge on any atom is 0.413 e. The Hall–Kier alpha value is -3.72. The number of carbonyl (C=O) groups is 3. The number of carboxylic acid groups (broad SMARTS) is 1. The highest BCUT2D eigenvalue weighted by Gasteiger charge is 2.37. The van der Waals surface area contributed by atoms with Crippen molar-refractivity contribution in [2.75, 3.05) is 25.0 Å². The Balaban J connectivity index is 1.16. The van der Waals surface area contributed by atoms with Crippen LogP contribution in [-0.2, 0) is 20.7 Å². The van der Waals surface area contributed by atoms with E-state index in [2.05, 4.69) is 34.6 Å². The zero-order chi connectivity index (χ0) is 24.5. The summed E-state index contributed by atoms with van der Waals surface area (Å²) < 4.78 is 5.55. The van der Waals surface area contributed by atoms with E-state index < -0.39 is 18.0 Å². The number of anilines is 1. The van der Waals surface area contributed by atoms with Crippen LogP contribution in [0.1, 0.15) is 29.7 Å². The van der Waals surface area contributed by atoms with Crippen LogP contribution in [0.2, 0.25) is 0 Å². The van der Waals surface area contributed by atoms with Gasteiger partial charge in [-0.05, 0) is 28.2 Å². The molecule has 0 spiro atoms. The predicted octanol–water partition coefficient (Wildman–Crippen LogP) is 4.23. The average Bonchev–Trinajstić information content (AvgIpc) is 3.53. The Morgan fingerprint density at radius 2 is 1.74 bits per heavy atom. The number of aliphatic carboxylic acids is 1. The second-order valence-corrected chi connectivity index (χ2v) is 9.85. The molecule has 1 aliphatic heterocycles. The summed E-state index contributed by atoms with van der Waals surface area (Å²) in [6.07, 6.45) is -0.543. The standard InChI is InChI=1S/C26H25N3O5S/c1-15-11-29(12-21(15)24(31)32)23(30)10-16-14-35-25(27-16)28-26(33)34-13-22-19-8-4-2-6-17(19)18-7-3-5-9-20(18)22/h2-9,14-15,21-22H,10-13H2,1H3,(H,31,32)(H,27,28,33). The minimum Gasteiger partial charge on any atom is -0.481 e. The number of carboxylic acids is 1. The highest BCUT2D eigenvalue weighted by Crippen LogP contribution is 2.44. The van der Waals surface area contributed by atoms with Crippen molar-refractivity contribution in [2.24, 2.45) is 11.8 Å². The number of nitrogens with one attached hydrogen (secondary N) is 1. The monoisotopic (exact) mass is 491 g/mol. The fraction of sp³-hybridized carbons (Fsp3) is 0.308. The average molecular weight is 492 g/mol. The quantitative estimate of drug-likeness (QED) is 0.534. The number of likely N-dealkylation sites (tertiary alicyclic amines) is 1. The molecule has 3 aromatic rings. The van der Waals surface area contributed by atoms with Gasteiger partial charge in [0.1, 0.15) is 6.61 Å². The number of benzene rings is 2. The molecule has 2 aliphatic rings. The largest absolute Gasteiger partial charge is 0.481 e. The summed E-state index contributed by atoms with van der Waals surface area (Å²) in [6.45, 7) is 2.68. The first kappa shape index (κ1) is 23.0. The number of nitrogens with zero attached hydrogens (tertiary/aromatic N) is 2. The van der Waals surface area contributed by atoms with Crippen LogP contribution in [0.15, 0.2) is 53.9 Å². The van der Waals surface area contributed by atoms with Crippen molar-refractivity contribution in [3.8, 4) is 11.1 Å². The molecule has 9 heteroatoms. The molecule has 8 nitrogen and oxygen atoms in total. The van der Waals surface area contributed by atoms with Crippen LogP contribution in [0.5, 0.6) is 0 Å². The van der Waals surface area contributed by atoms with E-state index >= 15 is 0 Å². The van der Waals surface area contributed by atoms with Crippen molar-refractivity contribution in [3.63, 3.8) is 0 Å². The fourth-order valence-electron chi connectivity index (χ4n) is 4.93. The third kappa shape index (κ3) is 4.64. The van der Waals surface area contributed by atoms with Gasteiger partial charge in [-0.3, -0.25) is 14.9 Å². The minimum absolute atomic E-state index is 0.0323. The summed E-state index contributed by atoms with van der Waals surface area (Å²) in [5.74, 6) is -1.71. The minimum atomic E-state index is -0.879. The molecule has 2 amide bonds. The van der Waals surface area contributed by atoms with Gasteiger partial charge in [-0.2, -0.15) is 0 Å². The first-order valence-electron chi connectivity index (χ1n) is 11.5. The van der Waals surface area contributed by atoms with Gasteiger partial charge in [-0.15, -0.1) is 11.3 Å². The number of thiazole rings is 1. The van der Waals surface area contributed by atoms with Crippen molar-refractivity contribution >= 4 is 34.4 Å². The molecule has 0 saturated carbocycles. The lowest BCUT2D eigenvalue weighted by Gasteiger charge is -2.15. The highest BCUT2D eigenvalue weighted by atomic mass is 32.1. The van der Waals surface area contributed by atoms with Gasteiger partial charge in [-0.25, -0.2) is 9.78 Å². The van der Waals surface area contributed by atoms with Crippen molar-refractivity contribution in [1.29, 1.82) is 0 Å². The Morgan fingerprint density at radius 3 is 2.37 bits per heavy atom. The van der Waals surface area contributed by atoms with Crippen LogP contribution in [0.3, 0.4) is 0 Å². The second kappa shape index (κ2) is 9.50. The molecule has 5 rings (SSSR count). The number of carbonyl (C=O) groups excluding carboxylic acids is 2. The molecule has 2 N–H and O–H groups in total. The molecule has 35 heavy (non-hydrogen) atoms. The van der Waals surface area contributed by atoms with Crippen molar-refractivity contribution in [1.82, 2.24) is 9.88 Å². The molecular formula is C26H25N3O5S. The van der Waals surface area contributed by atoms with E-state index in [1.54, 1.807) is 10.3 Å². The molecule has 1 aliphatic carbocycles. The van der Waals surface area contributed by atoms with Gasteiger partial charge in [0.05, 0.1) is 18.0 Å². The second-order valence-electron chi connectivity index (χ2n) is 8.99. The SMILES string of the molecule is CC1CN(C(=O)Cc2csc(NC(=O)OCC3c4ccccc4-c4ccccc43)n2)CC1C(=O)O. The van der Waals surface area contributed by atoms with Crippen molar-refractivity contribution in [2.45, 2.75) is 19.3 Å². The van der Waals surface area contributed by atoms with Crippen LogP contribution in [0, 0.1) is 11.8 Å². The third-order valence-corrected chi connectivity index (χ3v) is 7.53. The number of rotatable bonds is 6. The summed E-state index contributed by atoms with van der Waals surface area (Å²) in [5, 5.41) is 14.0. The lowest BCUT2D eigenvalue weighted by molar-refractivity contribution is -0.142. The summed E-state index contributed by atoms with van der Waals surface area (Å²) in [6, 6.07) is 16.3. The van der Waals surface area contributed by atoms with E-state index in [0.29, 0.717) is 17.4 Å². The topological polar surface area (TPSA) is 109 Å². The smallest absolute Gasteiger partial charge is 0.413 e. The zero-order valence-electron chi connectivity index (χ0n) is 19.1. The molecule has 2 atom stereocenters. The van der Waals surface area contributed by atoms with E-state index in [4.69, 9.17) is 4.74 Å². The number of aromatic nitrogens is 1. The zero-order valence-corrected chi connectivity index (χ0v) is 20.0. The van der Waals surface area contributed by atoms with Gasteiger partial charge in [0.2, 0.25) is 5.91 Å². The Labute approximate surface area is 206 Å². The number of ether oxygens (including phenoxy) is 1. The molecule has 180 valence electrons. The molecule has 0 radical (unpaired) electrons. The molecule has 1 fully saturated rings. The van der Waals surface area contributed by atoms with Gasteiger partial charge in [0.15, 0.2) is 5.13 Å². The maximum atomic E-state index is 12.6. The van der Waals surface area contributed by atoms with Crippen molar-refractivity contribution in [3.05, 3.63) is 70.7 Å². The molecule has 2 unspecified atom stereocenters. The van der Waals surface area contributed by atoms with Crippen LogP contribution in [-0.4, -0.2) is 52.7 Å². The lowest BCUT2D eigenvalue weighted by Crippen LogP contribution is -2.31. The van der Waals surface area contributed by atoms with Gasteiger partial charge >= 0.3 is 12.1 Å². The number of hydrogen-bond acceptors (Lipinski definition) is 6. The Morgan fingerprint density at radius 1 is 1.09 bits per heavy atom. The van der Waals surface area contributed by atoms with E-state index in [1.807, 2.05) is 31.2 Å². The lowest BCUT2D eigenvalue weighted by atomic mass is 9.98. The van der Waals surface area contributed by atoms with Crippen molar-refractivity contribution < 1.29 is 24.2 Å². The first-order chi connectivity index (χ1) is 16.9.